The number of fused-ring (bicyclic) bond motifs is 2. The minimum absolute atomic E-state index is 0.102. The van der Waals surface area contributed by atoms with Crippen LogP contribution in [0.2, 0.25) is 0 Å². The zero-order valence-electron chi connectivity index (χ0n) is 14.7. The zero-order chi connectivity index (χ0) is 19.7. The number of carbonyl (C=O) groups is 2. The van der Waals surface area contributed by atoms with Gasteiger partial charge in [0.15, 0.2) is 16.3 Å². The molecule has 0 N–H and O–H groups in total. The Morgan fingerprint density at radius 3 is 2.64 bits per heavy atom. The molecule has 0 atom stereocenters. The van der Waals surface area contributed by atoms with E-state index in [0.29, 0.717) is 32.9 Å². The Morgan fingerprint density at radius 2 is 1.96 bits per heavy atom. The number of benzene rings is 2. The van der Waals surface area contributed by atoms with Crippen molar-refractivity contribution in [2.45, 2.75) is 6.54 Å². The van der Waals surface area contributed by atoms with E-state index in [1.165, 1.54) is 18.4 Å². The molecule has 8 nitrogen and oxygen atoms in total. The van der Waals surface area contributed by atoms with Gasteiger partial charge in [0.25, 0.3) is 5.91 Å². The number of aromatic nitrogens is 1. The highest BCUT2D eigenvalue weighted by atomic mass is 32.1. The van der Waals surface area contributed by atoms with Crippen LogP contribution in [0, 0.1) is 11.3 Å². The standard InChI is InChI=1S/C19H13N3O5S/c1-25-17(23)9-22-13-6-14-15(27-10-26-14)7-16(13)28-19(22)21-18(24)12-4-2-11(8-20)3-5-12/h2-7H,9-10H2,1H3. The molecule has 0 saturated heterocycles. The van der Waals surface area contributed by atoms with Crippen LogP contribution in [0.5, 0.6) is 11.5 Å². The average Bonchev–Trinajstić information content (AvgIpc) is 3.30. The fraction of sp³-hybridized carbons (Fsp3) is 0.158. The molecule has 9 heteroatoms. The van der Waals surface area contributed by atoms with Gasteiger partial charge in [-0.25, -0.2) is 0 Å². The van der Waals surface area contributed by atoms with E-state index in [4.69, 9.17) is 19.5 Å². The van der Waals surface area contributed by atoms with Crippen LogP contribution in [0.3, 0.4) is 0 Å². The van der Waals surface area contributed by atoms with Crippen molar-refractivity contribution >= 4 is 33.4 Å². The van der Waals surface area contributed by atoms with E-state index in [0.717, 1.165) is 4.70 Å². The fourth-order valence-electron chi connectivity index (χ4n) is 2.73. The molecule has 0 unspecified atom stereocenters. The minimum atomic E-state index is -0.477. The Morgan fingerprint density at radius 1 is 1.25 bits per heavy atom. The Kier molecular flexibility index (Phi) is 4.55. The normalized spacial score (nSPS) is 12.8. The van der Waals surface area contributed by atoms with Gasteiger partial charge < -0.3 is 18.8 Å². The number of nitrogens with zero attached hydrogens (tertiary/aromatic N) is 3. The molecule has 2 aromatic carbocycles. The molecule has 140 valence electrons. The summed E-state index contributed by atoms with van der Waals surface area (Å²) < 4.78 is 18.0. The van der Waals surface area contributed by atoms with Crippen molar-refractivity contribution in [3.63, 3.8) is 0 Å². The molecule has 1 aliphatic rings. The molecular formula is C19H13N3O5S. The summed E-state index contributed by atoms with van der Waals surface area (Å²) in [6, 6.07) is 11.7. The first-order chi connectivity index (χ1) is 13.6. The maximum Gasteiger partial charge on any atom is 0.325 e. The first-order valence-corrected chi connectivity index (χ1v) is 8.99. The third-order valence-electron chi connectivity index (χ3n) is 4.15. The van der Waals surface area contributed by atoms with E-state index in [9.17, 15) is 9.59 Å². The molecule has 1 aliphatic heterocycles. The lowest BCUT2D eigenvalue weighted by atomic mass is 10.1. The average molecular weight is 395 g/mol. The van der Waals surface area contributed by atoms with E-state index >= 15 is 0 Å². The maximum absolute atomic E-state index is 12.6. The number of hydrogen-bond acceptors (Lipinski definition) is 7. The molecule has 0 aliphatic carbocycles. The van der Waals surface area contributed by atoms with Gasteiger partial charge in [-0.15, -0.1) is 0 Å². The monoisotopic (exact) mass is 395 g/mol. The van der Waals surface area contributed by atoms with Crippen molar-refractivity contribution in [3.05, 3.63) is 52.3 Å². The molecule has 0 bridgehead atoms. The molecule has 0 fully saturated rings. The predicted octanol–water partition coefficient (Wildman–Crippen LogP) is 2.22. The van der Waals surface area contributed by atoms with Crippen LogP contribution >= 0.6 is 11.3 Å². The number of esters is 1. The van der Waals surface area contributed by atoms with Crippen LogP contribution < -0.4 is 14.3 Å². The van der Waals surface area contributed by atoms with Crippen LogP contribution in [-0.4, -0.2) is 30.3 Å². The fourth-order valence-corrected chi connectivity index (χ4v) is 3.77. The molecule has 0 radical (unpaired) electrons. The number of ether oxygens (including phenoxy) is 3. The molecule has 3 aromatic rings. The van der Waals surface area contributed by atoms with E-state index in [-0.39, 0.29) is 13.3 Å². The maximum atomic E-state index is 12.6. The summed E-state index contributed by atoms with van der Waals surface area (Å²) in [5.41, 5.74) is 1.48. The van der Waals surface area contributed by atoms with Gasteiger partial charge in [-0.3, -0.25) is 9.59 Å². The third kappa shape index (κ3) is 3.21. The van der Waals surface area contributed by atoms with Gasteiger partial charge >= 0.3 is 5.97 Å². The van der Waals surface area contributed by atoms with Gasteiger partial charge in [0.1, 0.15) is 6.54 Å². The molecule has 0 spiro atoms. The van der Waals surface area contributed by atoms with Gasteiger partial charge in [0.2, 0.25) is 6.79 Å². The lowest BCUT2D eigenvalue weighted by Gasteiger charge is -2.04. The summed E-state index contributed by atoms with van der Waals surface area (Å²) in [5, 5.41) is 8.87. The van der Waals surface area contributed by atoms with Gasteiger partial charge in [-0.05, 0) is 24.3 Å². The lowest BCUT2D eigenvalue weighted by molar-refractivity contribution is -0.141. The number of thiazole rings is 1. The highest BCUT2D eigenvalue weighted by Gasteiger charge is 2.19. The molecule has 1 aromatic heterocycles. The van der Waals surface area contributed by atoms with Crippen LogP contribution in [0.15, 0.2) is 41.4 Å². The number of carbonyl (C=O) groups excluding carboxylic acids is 2. The predicted molar refractivity (Wildman–Crippen MR) is 99.0 cm³/mol. The quantitative estimate of drug-likeness (QED) is 0.630. The van der Waals surface area contributed by atoms with Crippen molar-refractivity contribution in [2.24, 2.45) is 4.99 Å². The summed E-state index contributed by atoms with van der Waals surface area (Å²) in [6.45, 7) is 0.0354. The Bertz CT molecular complexity index is 1200. The first-order valence-electron chi connectivity index (χ1n) is 8.18. The Balaban J connectivity index is 1.83. The van der Waals surface area contributed by atoms with Crippen molar-refractivity contribution in [2.75, 3.05) is 13.9 Å². The van der Waals surface area contributed by atoms with E-state index in [1.807, 2.05) is 6.07 Å². The summed E-state index contributed by atoms with van der Waals surface area (Å²) >= 11 is 1.25. The molecule has 2 heterocycles. The number of hydrogen-bond donors (Lipinski definition) is 0. The van der Waals surface area contributed by atoms with Gasteiger partial charge in [-0.2, -0.15) is 10.3 Å². The van der Waals surface area contributed by atoms with Crippen LogP contribution in [0.1, 0.15) is 15.9 Å². The van der Waals surface area contributed by atoms with Crippen LogP contribution in [0.4, 0.5) is 0 Å². The zero-order valence-corrected chi connectivity index (χ0v) is 15.5. The summed E-state index contributed by atoms with van der Waals surface area (Å²) in [4.78, 5) is 29.0. The summed E-state index contributed by atoms with van der Waals surface area (Å²) in [7, 11) is 1.30. The summed E-state index contributed by atoms with van der Waals surface area (Å²) in [6.07, 6.45) is 0. The van der Waals surface area contributed by atoms with Crippen molar-refractivity contribution in [1.29, 1.82) is 5.26 Å². The number of nitriles is 1. The molecule has 0 saturated carbocycles. The Hall–Kier alpha value is -3.64. The Labute approximate surface area is 162 Å². The second-order valence-corrected chi connectivity index (χ2v) is 6.84. The molecular weight excluding hydrogens is 382 g/mol. The van der Waals surface area contributed by atoms with Crippen molar-refractivity contribution in [1.82, 2.24) is 4.57 Å². The van der Waals surface area contributed by atoms with E-state index < -0.39 is 11.9 Å². The minimum Gasteiger partial charge on any atom is -0.468 e. The van der Waals surface area contributed by atoms with E-state index in [1.54, 1.807) is 41.0 Å². The third-order valence-corrected chi connectivity index (χ3v) is 5.19. The van der Waals surface area contributed by atoms with Crippen molar-refractivity contribution < 1.29 is 23.8 Å². The van der Waals surface area contributed by atoms with Gasteiger partial charge in [-0.1, -0.05) is 11.3 Å². The van der Waals surface area contributed by atoms with E-state index in [2.05, 4.69) is 4.99 Å². The topological polar surface area (TPSA) is 103 Å². The van der Waals surface area contributed by atoms with Gasteiger partial charge in [0.05, 0.1) is 29.0 Å². The number of amides is 1. The largest absolute Gasteiger partial charge is 0.468 e. The molecule has 28 heavy (non-hydrogen) atoms. The second-order valence-electron chi connectivity index (χ2n) is 5.83. The lowest BCUT2D eigenvalue weighted by Crippen LogP contribution is -2.22. The molecule has 4 rings (SSSR count). The first kappa shape index (κ1) is 17.8. The van der Waals surface area contributed by atoms with Gasteiger partial charge in [0, 0.05) is 17.7 Å². The number of rotatable bonds is 3. The van der Waals surface area contributed by atoms with Crippen LogP contribution in [-0.2, 0) is 16.1 Å². The number of methoxy groups -OCH3 is 1. The SMILES string of the molecule is COC(=O)Cn1c(=NC(=O)c2ccc(C#N)cc2)sc2cc3c(cc21)OCO3. The highest BCUT2D eigenvalue weighted by Crippen LogP contribution is 2.37. The highest BCUT2D eigenvalue weighted by molar-refractivity contribution is 7.16. The van der Waals surface area contributed by atoms with Crippen molar-refractivity contribution in [3.8, 4) is 17.6 Å². The second kappa shape index (κ2) is 7.17. The molecule has 1 amide bonds. The summed E-state index contributed by atoms with van der Waals surface area (Å²) in [5.74, 6) is 0.220. The smallest absolute Gasteiger partial charge is 0.325 e. The van der Waals surface area contributed by atoms with Crippen LogP contribution in [0.25, 0.3) is 10.2 Å².